The number of alkyl halides is 2. The molecule has 1 aromatic rings. The van der Waals surface area contributed by atoms with Crippen molar-refractivity contribution in [1.29, 1.82) is 0 Å². The van der Waals surface area contributed by atoms with Crippen molar-refractivity contribution in [2.24, 2.45) is 0 Å². The van der Waals surface area contributed by atoms with E-state index in [2.05, 4.69) is 15.0 Å². The van der Waals surface area contributed by atoms with E-state index in [1.54, 1.807) is 17.3 Å². The molecule has 7 heteroatoms. The first-order valence-electron chi connectivity index (χ1n) is 8.52. The average molecular weight is 339 g/mol. The highest BCUT2D eigenvalue weighted by atomic mass is 19.3. The molecule has 1 N–H and O–H groups in total. The summed E-state index contributed by atoms with van der Waals surface area (Å²) in [4.78, 5) is 18.2. The number of pyridine rings is 1. The molecule has 2 amide bonds. The van der Waals surface area contributed by atoms with E-state index in [9.17, 15) is 13.6 Å². The van der Waals surface area contributed by atoms with Crippen molar-refractivity contribution in [3.05, 3.63) is 30.1 Å². The maximum Gasteiger partial charge on any atom is 0.345 e. The number of nitrogens with one attached hydrogen (secondary N) is 1. The Kier molecular flexibility index (Phi) is 5.60. The van der Waals surface area contributed by atoms with Gasteiger partial charge in [-0.3, -0.25) is 4.98 Å². The predicted octanol–water partition coefficient (Wildman–Crippen LogP) is 3.13. The van der Waals surface area contributed by atoms with Crippen LogP contribution in [0, 0.1) is 0 Å². The van der Waals surface area contributed by atoms with E-state index in [4.69, 9.17) is 0 Å². The monoisotopic (exact) mass is 339 g/mol. The zero-order valence-electron chi connectivity index (χ0n) is 13.5. The van der Waals surface area contributed by atoms with E-state index < -0.39 is 12.7 Å². The average Bonchev–Trinajstić information content (AvgIpc) is 3.02. The third kappa shape index (κ3) is 4.20. The van der Waals surface area contributed by atoms with E-state index in [-0.39, 0.29) is 12.1 Å². The van der Waals surface area contributed by atoms with Crippen LogP contribution in [-0.4, -0.2) is 47.8 Å². The lowest BCUT2D eigenvalue weighted by molar-refractivity contribution is -0.165. The van der Waals surface area contributed by atoms with E-state index in [0.717, 1.165) is 19.3 Å². The first-order valence-corrected chi connectivity index (χ1v) is 8.52. The van der Waals surface area contributed by atoms with E-state index >= 15 is 0 Å². The quantitative estimate of drug-likeness (QED) is 0.917. The Morgan fingerprint density at radius 3 is 2.58 bits per heavy atom. The summed E-state index contributed by atoms with van der Waals surface area (Å²) in [5.41, 5.74) is 1.26. The number of carbonyl (C=O) groups excluding carboxylic acids is 1. The van der Waals surface area contributed by atoms with Crippen molar-refractivity contribution in [1.82, 2.24) is 15.2 Å². The Hall–Kier alpha value is -1.76. The Morgan fingerprint density at radius 2 is 1.92 bits per heavy atom. The molecule has 1 aromatic heterocycles. The summed E-state index contributed by atoms with van der Waals surface area (Å²) in [5.74, 6) is 0.443. The predicted molar refractivity (Wildman–Crippen MR) is 84.8 cm³/mol. The molecule has 1 aliphatic carbocycles. The highest BCUT2D eigenvalue weighted by Crippen LogP contribution is 2.28. The van der Waals surface area contributed by atoms with Gasteiger partial charge in [-0.05, 0) is 55.7 Å². The summed E-state index contributed by atoms with van der Waals surface area (Å²) < 4.78 is 29.4. The normalized spacial score (nSPS) is 25.2. The summed E-state index contributed by atoms with van der Waals surface area (Å²) in [7, 11) is 0. The number of ether oxygens (including phenoxy) is 1. The largest absolute Gasteiger partial charge is 0.345 e. The lowest BCUT2D eigenvalue weighted by Gasteiger charge is -2.33. The van der Waals surface area contributed by atoms with Gasteiger partial charge in [-0.25, -0.2) is 4.79 Å². The number of likely N-dealkylation sites (tertiary alicyclic amines) is 1. The van der Waals surface area contributed by atoms with Gasteiger partial charge >= 0.3 is 12.6 Å². The second-order valence-corrected chi connectivity index (χ2v) is 6.46. The fourth-order valence-electron chi connectivity index (χ4n) is 3.69. The van der Waals surface area contributed by atoms with Crippen LogP contribution in [0.1, 0.15) is 43.6 Å². The molecule has 0 bridgehead atoms. The summed E-state index contributed by atoms with van der Waals surface area (Å²) in [6.45, 7) is -1.44. The molecule has 24 heavy (non-hydrogen) atoms. The minimum atomic E-state index is -2.79. The molecule has 2 aliphatic rings. The van der Waals surface area contributed by atoms with E-state index in [1.807, 2.05) is 12.1 Å². The smallest absolute Gasteiger partial charge is 0.333 e. The summed E-state index contributed by atoms with van der Waals surface area (Å²) >= 11 is 0. The zero-order chi connectivity index (χ0) is 16.9. The van der Waals surface area contributed by atoms with Crippen LogP contribution in [0.3, 0.4) is 0 Å². The molecule has 2 fully saturated rings. The Bertz CT molecular complexity index is 536. The molecule has 2 heterocycles. The van der Waals surface area contributed by atoms with Crippen LogP contribution >= 0.6 is 0 Å². The van der Waals surface area contributed by atoms with Gasteiger partial charge in [-0.1, -0.05) is 0 Å². The van der Waals surface area contributed by atoms with Gasteiger partial charge in [0.15, 0.2) is 0 Å². The standard InChI is InChI=1S/C17H23F2N3O2/c18-16(19)24-15-3-1-2-14(15)21-17(23)22-10-6-13(7-11-22)12-4-8-20-9-5-12/h4-5,8-9,13-16H,1-3,6-7,10-11H2,(H,21,23)/t14-,15-/m1/s1. The van der Waals surface area contributed by atoms with Gasteiger partial charge in [0.05, 0.1) is 12.1 Å². The molecular weight excluding hydrogens is 316 g/mol. The fraction of sp³-hybridized carbons (Fsp3) is 0.647. The number of aromatic nitrogens is 1. The fourth-order valence-corrected chi connectivity index (χ4v) is 3.69. The highest BCUT2D eigenvalue weighted by Gasteiger charge is 2.33. The van der Waals surface area contributed by atoms with Gasteiger partial charge in [-0.15, -0.1) is 0 Å². The molecule has 1 saturated carbocycles. The van der Waals surface area contributed by atoms with Crippen LogP contribution in [0.5, 0.6) is 0 Å². The lowest BCUT2D eigenvalue weighted by Crippen LogP contribution is -2.50. The third-order valence-electron chi connectivity index (χ3n) is 5.00. The third-order valence-corrected chi connectivity index (χ3v) is 5.00. The SMILES string of the molecule is O=C(N[C@@H]1CCC[C@H]1OC(F)F)N1CCC(c2ccncc2)CC1. The van der Waals surface area contributed by atoms with Crippen molar-refractivity contribution in [3.63, 3.8) is 0 Å². The van der Waals surface area contributed by atoms with Gasteiger partial charge in [0.25, 0.3) is 0 Å². The number of halogens is 2. The minimum absolute atomic E-state index is 0.169. The molecule has 1 saturated heterocycles. The summed E-state index contributed by atoms with van der Waals surface area (Å²) in [6.07, 6.45) is 6.86. The Labute approximate surface area is 140 Å². The van der Waals surface area contributed by atoms with Crippen LogP contribution < -0.4 is 5.32 Å². The first kappa shape index (κ1) is 17.1. The molecule has 132 valence electrons. The minimum Gasteiger partial charge on any atom is -0.333 e. The maximum atomic E-state index is 12.4. The second-order valence-electron chi connectivity index (χ2n) is 6.46. The zero-order valence-corrected chi connectivity index (χ0v) is 13.5. The first-order chi connectivity index (χ1) is 11.6. The Balaban J connectivity index is 1.48. The van der Waals surface area contributed by atoms with Crippen molar-refractivity contribution >= 4 is 6.03 Å². The number of hydrogen-bond donors (Lipinski definition) is 1. The van der Waals surface area contributed by atoms with Crippen LogP contribution in [0.25, 0.3) is 0 Å². The van der Waals surface area contributed by atoms with Crippen LogP contribution in [-0.2, 0) is 4.74 Å². The molecule has 0 radical (unpaired) electrons. The molecule has 3 rings (SSSR count). The van der Waals surface area contributed by atoms with Crippen molar-refractivity contribution < 1.29 is 18.3 Å². The lowest BCUT2D eigenvalue weighted by atomic mass is 9.90. The van der Waals surface area contributed by atoms with E-state index in [0.29, 0.717) is 31.8 Å². The van der Waals surface area contributed by atoms with Crippen molar-refractivity contribution in [3.8, 4) is 0 Å². The number of amides is 2. The molecule has 2 atom stereocenters. The second kappa shape index (κ2) is 7.88. The summed E-state index contributed by atoms with van der Waals surface area (Å²) in [6, 6.07) is 3.55. The van der Waals surface area contributed by atoms with Crippen LogP contribution in [0.15, 0.2) is 24.5 Å². The molecule has 1 aliphatic heterocycles. The van der Waals surface area contributed by atoms with Crippen molar-refractivity contribution in [2.75, 3.05) is 13.1 Å². The van der Waals surface area contributed by atoms with Crippen LogP contribution in [0.4, 0.5) is 13.6 Å². The molecule has 0 spiro atoms. The van der Waals surface area contributed by atoms with Gasteiger partial charge in [0.1, 0.15) is 0 Å². The molecule has 0 unspecified atom stereocenters. The number of rotatable bonds is 4. The number of hydrogen-bond acceptors (Lipinski definition) is 3. The van der Waals surface area contributed by atoms with Gasteiger partial charge < -0.3 is 15.0 Å². The Morgan fingerprint density at radius 1 is 1.21 bits per heavy atom. The molecule has 0 aromatic carbocycles. The van der Waals surface area contributed by atoms with Gasteiger partial charge in [0, 0.05) is 25.5 Å². The molecular formula is C17H23F2N3O2. The highest BCUT2D eigenvalue weighted by molar-refractivity contribution is 5.74. The maximum absolute atomic E-state index is 12.4. The number of urea groups is 1. The summed E-state index contributed by atoms with van der Waals surface area (Å²) in [5, 5.41) is 2.88. The van der Waals surface area contributed by atoms with Gasteiger partial charge in [0.2, 0.25) is 0 Å². The number of carbonyl (C=O) groups is 1. The van der Waals surface area contributed by atoms with Gasteiger partial charge in [-0.2, -0.15) is 8.78 Å². The van der Waals surface area contributed by atoms with E-state index in [1.165, 1.54) is 5.56 Å². The number of piperidine rings is 1. The van der Waals surface area contributed by atoms with Crippen molar-refractivity contribution in [2.45, 2.75) is 56.8 Å². The topological polar surface area (TPSA) is 54.5 Å². The number of nitrogens with zero attached hydrogens (tertiary/aromatic N) is 2. The molecule has 5 nitrogen and oxygen atoms in total. The van der Waals surface area contributed by atoms with Crippen LogP contribution in [0.2, 0.25) is 0 Å².